The molecule has 0 aliphatic carbocycles. The van der Waals surface area contributed by atoms with Crippen LogP contribution in [-0.4, -0.2) is 57.4 Å². The number of methoxy groups -OCH3 is 1. The molecule has 1 unspecified atom stereocenters. The van der Waals surface area contributed by atoms with Crippen LogP contribution < -0.4 is 5.32 Å². The third kappa shape index (κ3) is 4.84. The van der Waals surface area contributed by atoms with E-state index in [0.717, 1.165) is 25.9 Å². The van der Waals surface area contributed by atoms with E-state index in [-0.39, 0.29) is 5.75 Å². The predicted octanol–water partition coefficient (Wildman–Crippen LogP) is 0.815. The fourth-order valence-corrected chi connectivity index (χ4v) is 3.40. The Balaban J connectivity index is 2.31. The first-order chi connectivity index (χ1) is 8.49. The molecule has 6 heteroatoms. The summed E-state index contributed by atoms with van der Waals surface area (Å²) in [6, 6.07) is 0.851. The summed E-state index contributed by atoms with van der Waals surface area (Å²) in [5.74, 6) is 0.204. The molecule has 1 fully saturated rings. The third-order valence-electron chi connectivity index (χ3n) is 3.49. The summed E-state index contributed by atoms with van der Waals surface area (Å²) in [7, 11) is -1.29. The maximum atomic E-state index is 11.7. The Labute approximate surface area is 111 Å². The van der Waals surface area contributed by atoms with E-state index in [9.17, 15) is 8.42 Å². The molecule has 18 heavy (non-hydrogen) atoms. The van der Waals surface area contributed by atoms with Crippen molar-refractivity contribution in [2.45, 2.75) is 45.2 Å². The first-order valence-electron chi connectivity index (χ1n) is 6.72. The minimum atomic E-state index is -3.00. The van der Waals surface area contributed by atoms with Gasteiger partial charge in [0.25, 0.3) is 0 Å². The van der Waals surface area contributed by atoms with Gasteiger partial charge in [0, 0.05) is 38.9 Å². The second kappa shape index (κ2) is 7.43. The molecule has 0 saturated carbocycles. The Morgan fingerprint density at radius 1 is 1.39 bits per heavy atom. The summed E-state index contributed by atoms with van der Waals surface area (Å²) in [6.07, 6.45) is 2.79. The quantitative estimate of drug-likeness (QED) is 0.749. The van der Waals surface area contributed by atoms with Crippen LogP contribution >= 0.6 is 0 Å². The maximum Gasteiger partial charge on any atom is 0.213 e. The van der Waals surface area contributed by atoms with Crippen LogP contribution in [0.15, 0.2) is 0 Å². The van der Waals surface area contributed by atoms with Gasteiger partial charge in [0.15, 0.2) is 0 Å². The molecule has 1 rings (SSSR count). The van der Waals surface area contributed by atoms with Crippen molar-refractivity contribution >= 4 is 10.0 Å². The van der Waals surface area contributed by atoms with Crippen LogP contribution in [0.2, 0.25) is 0 Å². The van der Waals surface area contributed by atoms with Crippen LogP contribution in [0.5, 0.6) is 0 Å². The molecule has 1 atom stereocenters. The smallest absolute Gasteiger partial charge is 0.213 e. The van der Waals surface area contributed by atoms with E-state index in [0.29, 0.717) is 25.2 Å². The van der Waals surface area contributed by atoms with Crippen molar-refractivity contribution in [3.63, 3.8) is 0 Å². The fraction of sp³-hybridized carbons (Fsp3) is 1.00. The molecule has 1 heterocycles. The van der Waals surface area contributed by atoms with Crippen LogP contribution in [0.25, 0.3) is 0 Å². The van der Waals surface area contributed by atoms with Crippen LogP contribution in [0.3, 0.4) is 0 Å². The van der Waals surface area contributed by atoms with Gasteiger partial charge in [-0.3, -0.25) is 0 Å². The number of hydrogen-bond donors (Lipinski definition) is 1. The van der Waals surface area contributed by atoms with E-state index in [1.165, 1.54) is 0 Å². The lowest BCUT2D eigenvalue weighted by molar-refractivity contribution is 0.178. The molecule has 108 valence electrons. The number of sulfonamides is 1. The molecule has 0 aromatic heterocycles. The van der Waals surface area contributed by atoms with Gasteiger partial charge in [0.05, 0.1) is 5.75 Å². The lowest BCUT2D eigenvalue weighted by Gasteiger charge is -2.33. The SMILES string of the molecule is CCS(=O)(=O)N1CCC(NC(C)CCOC)CC1. The number of nitrogens with zero attached hydrogens (tertiary/aromatic N) is 1. The van der Waals surface area contributed by atoms with E-state index in [4.69, 9.17) is 4.74 Å². The van der Waals surface area contributed by atoms with Crippen LogP contribution in [0, 0.1) is 0 Å². The van der Waals surface area contributed by atoms with Gasteiger partial charge in [0.2, 0.25) is 10.0 Å². The van der Waals surface area contributed by atoms with E-state index < -0.39 is 10.0 Å². The molecule has 1 saturated heterocycles. The molecular weight excluding hydrogens is 252 g/mol. The summed E-state index contributed by atoms with van der Waals surface area (Å²) >= 11 is 0. The molecule has 1 aliphatic heterocycles. The van der Waals surface area contributed by atoms with Crippen molar-refractivity contribution in [2.75, 3.05) is 32.6 Å². The third-order valence-corrected chi connectivity index (χ3v) is 5.37. The van der Waals surface area contributed by atoms with Crippen LogP contribution in [0.1, 0.15) is 33.1 Å². The number of hydrogen-bond acceptors (Lipinski definition) is 4. The largest absolute Gasteiger partial charge is 0.385 e. The number of rotatable bonds is 7. The van der Waals surface area contributed by atoms with Crippen molar-refractivity contribution in [3.05, 3.63) is 0 Å². The molecule has 0 radical (unpaired) electrons. The Hall–Kier alpha value is -0.170. The second-order valence-electron chi connectivity index (χ2n) is 4.92. The van der Waals surface area contributed by atoms with Crippen molar-refractivity contribution < 1.29 is 13.2 Å². The van der Waals surface area contributed by atoms with E-state index in [1.54, 1.807) is 18.3 Å². The van der Waals surface area contributed by atoms with E-state index in [2.05, 4.69) is 12.2 Å². The minimum Gasteiger partial charge on any atom is -0.385 e. The highest BCUT2D eigenvalue weighted by molar-refractivity contribution is 7.89. The van der Waals surface area contributed by atoms with Gasteiger partial charge in [-0.2, -0.15) is 0 Å². The Kier molecular flexibility index (Phi) is 6.55. The first-order valence-corrected chi connectivity index (χ1v) is 8.33. The van der Waals surface area contributed by atoms with Crippen molar-refractivity contribution in [2.24, 2.45) is 0 Å². The van der Waals surface area contributed by atoms with Gasteiger partial charge < -0.3 is 10.1 Å². The first kappa shape index (κ1) is 15.9. The molecule has 1 aliphatic rings. The van der Waals surface area contributed by atoms with Gasteiger partial charge in [-0.05, 0) is 33.1 Å². The maximum absolute atomic E-state index is 11.7. The number of nitrogens with one attached hydrogen (secondary N) is 1. The van der Waals surface area contributed by atoms with E-state index >= 15 is 0 Å². The van der Waals surface area contributed by atoms with Crippen molar-refractivity contribution in [1.82, 2.24) is 9.62 Å². The predicted molar refractivity (Wildman–Crippen MR) is 73.1 cm³/mol. The Bertz CT molecular complexity index is 324. The zero-order valence-corrected chi connectivity index (χ0v) is 12.5. The Morgan fingerprint density at radius 3 is 2.50 bits per heavy atom. The molecule has 1 N–H and O–H groups in total. The highest BCUT2D eigenvalue weighted by atomic mass is 32.2. The van der Waals surface area contributed by atoms with Crippen molar-refractivity contribution in [1.29, 1.82) is 0 Å². The summed E-state index contributed by atoms with van der Waals surface area (Å²) in [6.45, 7) is 5.90. The average Bonchev–Trinajstić information content (AvgIpc) is 2.37. The Morgan fingerprint density at radius 2 is 2.00 bits per heavy atom. The van der Waals surface area contributed by atoms with Gasteiger partial charge in [-0.1, -0.05) is 0 Å². The summed E-state index contributed by atoms with van der Waals surface area (Å²) in [5, 5.41) is 3.54. The second-order valence-corrected chi connectivity index (χ2v) is 7.18. The number of piperidine rings is 1. The molecule has 5 nitrogen and oxygen atoms in total. The summed E-state index contributed by atoms with van der Waals surface area (Å²) < 4.78 is 30.1. The van der Waals surface area contributed by atoms with Gasteiger partial charge in [-0.25, -0.2) is 12.7 Å². The van der Waals surface area contributed by atoms with Gasteiger partial charge in [-0.15, -0.1) is 0 Å². The van der Waals surface area contributed by atoms with Crippen LogP contribution in [-0.2, 0) is 14.8 Å². The van der Waals surface area contributed by atoms with Crippen molar-refractivity contribution in [3.8, 4) is 0 Å². The van der Waals surface area contributed by atoms with Crippen LogP contribution in [0.4, 0.5) is 0 Å². The topological polar surface area (TPSA) is 58.6 Å². The molecule has 0 aromatic carbocycles. The summed E-state index contributed by atoms with van der Waals surface area (Å²) in [5.41, 5.74) is 0. The zero-order valence-electron chi connectivity index (χ0n) is 11.7. The molecule has 0 bridgehead atoms. The molecule has 0 aromatic rings. The lowest BCUT2D eigenvalue weighted by atomic mass is 10.1. The highest BCUT2D eigenvalue weighted by Crippen LogP contribution is 2.15. The lowest BCUT2D eigenvalue weighted by Crippen LogP contribution is -2.47. The van der Waals surface area contributed by atoms with E-state index in [1.807, 2.05) is 0 Å². The fourth-order valence-electron chi connectivity index (χ4n) is 2.26. The zero-order chi connectivity index (χ0) is 13.6. The van der Waals surface area contributed by atoms with Gasteiger partial charge in [0.1, 0.15) is 0 Å². The summed E-state index contributed by atoms with van der Waals surface area (Å²) in [4.78, 5) is 0. The number of ether oxygens (including phenoxy) is 1. The normalized spacial score (nSPS) is 21.1. The average molecular weight is 278 g/mol. The molecular formula is C12H26N2O3S. The monoisotopic (exact) mass is 278 g/mol. The molecule has 0 spiro atoms. The van der Waals surface area contributed by atoms with Gasteiger partial charge >= 0.3 is 0 Å². The standard InChI is InChI=1S/C12H26N2O3S/c1-4-18(15,16)14-8-5-12(6-9-14)13-11(2)7-10-17-3/h11-13H,4-10H2,1-3H3. The highest BCUT2D eigenvalue weighted by Gasteiger charge is 2.26. The minimum absolute atomic E-state index is 0.204. The molecule has 0 amide bonds.